The highest BCUT2D eigenvalue weighted by molar-refractivity contribution is 6.53. The third-order valence-corrected chi connectivity index (χ3v) is 4.59. The van der Waals surface area contributed by atoms with E-state index < -0.39 is 18.3 Å². The predicted octanol–water partition coefficient (Wildman–Crippen LogP) is 2.38. The molecule has 21 heavy (non-hydrogen) atoms. The highest BCUT2D eigenvalue weighted by Crippen LogP contribution is 2.46. The number of nitrogen functional groups attached to an aromatic ring is 1. The second-order valence-corrected chi connectivity index (χ2v) is 6.62. The quantitative estimate of drug-likeness (QED) is 0.843. The smallest absolute Gasteiger partial charge is 0.408 e. The van der Waals surface area contributed by atoms with Crippen molar-refractivity contribution < 1.29 is 18.1 Å². The predicted molar refractivity (Wildman–Crippen MR) is 74.9 cm³/mol. The van der Waals surface area contributed by atoms with Crippen LogP contribution in [0.5, 0.6) is 0 Å². The van der Waals surface area contributed by atoms with Crippen molar-refractivity contribution in [3.8, 4) is 0 Å². The molecule has 2 heterocycles. The van der Waals surface area contributed by atoms with Gasteiger partial charge in [0.15, 0.2) is 0 Å². The first-order valence-corrected chi connectivity index (χ1v) is 7.01. The Bertz CT molecular complexity index is 575. The van der Waals surface area contributed by atoms with E-state index in [1.165, 1.54) is 0 Å². The van der Waals surface area contributed by atoms with Crippen molar-refractivity contribution in [2.45, 2.75) is 57.7 Å². The minimum Gasteiger partial charge on any atom is -0.408 e. The minimum absolute atomic E-state index is 0.0259. The fraction of sp³-hybridized carbons (Fsp3) is 0.692. The number of rotatable bonds is 2. The van der Waals surface area contributed by atoms with Gasteiger partial charge in [-0.1, -0.05) is 5.10 Å². The van der Waals surface area contributed by atoms with Crippen LogP contribution < -0.4 is 5.73 Å². The van der Waals surface area contributed by atoms with E-state index in [-0.39, 0.29) is 17.7 Å². The van der Waals surface area contributed by atoms with Crippen LogP contribution in [0.15, 0.2) is 15.7 Å². The SMILES string of the molecule is CC1(C)OB(C(F)=C2CC(c3nnc(N)o3)C2)OC1(C)C. The lowest BCUT2D eigenvalue weighted by Crippen LogP contribution is -2.41. The third kappa shape index (κ3) is 2.36. The lowest BCUT2D eigenvalue weighted by molar-refractivity contribution is 0.00578. The fourth-order valence-electron chi connectivity index (χ4n) is 2.43. The zero-order valence-electron chi connectivity index (χ0n) is 12.6. The number of anilines is 1. The van der Waals surface area contributed by atoms with Crippen molar-refractivity contribution >= 4 is 13.1 Å². The van der Waals surface area contributed by atoms with Crippen molar-refractivity contribution in [3.63, 3.8) is 0 Å². The standard InChI is InChI=1S/C13H19BFN3O3/c1-12(2)13(3,4)21-14(20-12)9(15)7-5-8(6-7)10-17-18-11(16)19-10/h8H,5-6H2,1-4H3,(H2,16,18). The van der Waals surface area contributed by atoms with Crippen LogP contribution in [-0.2, 0) is 9.31 Å². The number of hydrogen-bond acceptors (Lipinski definition) is 6. The first-order chi connectivity index (χ1) is 9.69. The first kappa shape index (κ1) is 14.5. The zero-order valence-corrected chi connectivity index (χ0v) is 12.6. The molecule has 2 fully saturated rings. The Labute approximate surface area is 123 Å². The number of hydrogen-bond donors (Lipinski definition) is 1. The lowest BCUT2D eigenvalue weighted by atomic mass is 9.72. The van der Waals surface area contributed by atoms with Gasteiger partial charge in [0, 0.05) is 5.92 Å². The number of halogens is 1. The Morgan fingerprint density at radius 1 is 1.19 bits per heavy atom. The van der Waals surface area contributed by atoms with Crippen LogP contribution in [0.25, 0.3) is 0 Å². The Morgan fingerprint density at radius 2 is 1.76 bits per heavy atom. The van der Waals surface area contributed by atoms with E-state index in [0.29, 0.717) is 24.3 Å². The highest BCUT2D eigenvalue weighted by atomic mass is 19.1. The van der Waals surface area contributed by atoms with Gasteiger partial charge in [-0.05, 0) is 46.1 Å². The van der Waals surface area contributed by atoms with E-state index in [1.54, 1.807) is 0 Å². The molecule has 0 unspecified atom stereocenters. The summed E-state index contributed by atoms with van der Waals surface area (Å²) in [6.07, 6.45) is 1.05. The van der Waals surface area contributed by atoms with Gasteiger partial charge in [-0.25, -0.2) is 4.39 Å². The maximum Gasteiger partial charge on any atom is 0.525 e. The first-order valence-electron chi connectivity index (χ1n) is 7.01. The van der Waals surface area contributed by atoms with Gasteiger partial charge in [0.2, 0.25) is 5.89 Å². The van der Waals surface area contributed by atoms with Crippen molar-refractivity contribution in [1.82, 2.24) is 10.2 Å². The normalized spacial score (nSPS) is 26.8. The molecule has 0 aromatic carbocycles. The molecule has 0 atom stereocenters. The summed E-state index contributed by atoms with van der Waals surface area (Å²) in [5.74, 6) is 0.482. The summed E-state index contributed by atoms with van der Waals surface area (Å²) in [6, 6.07) is 0.0360. The molecule has 8 heteroatoms. The van der Waals surface area contributed by atoms with Crippen LogP contribution in [0, 0.1) is 0 Å². The van der Waals surface area contributed by atoms with Gasteiger partial charge < -0.3 is 19.5 Å². The van der Waals surface area contributed by atoms with Crippen LogP contribution >= 0.6 is 0 Å². The van der Waals surface area contributed by atoms with Gasteiger partial charge >= 0.3 is 13.1 Å². The molecular weight excluding hydrogens is 276 g/mol. The molecule has 2 N–H and O–H groups in total. The van der Waals surface area contributed by atoms with Crippen LogP contribution in [0.4, 0.5) is 10.4 Å². The van der Waals surface area contributed by atoms with Crippen molar-refractivity contribution in [3.05, 3.63) is 17.2 Å². The van der Waals surface area contributed by atoms with Gasteiger partial charge in [-0.3, -0.25) is 0 Å². The summed E-state index contributed by atoms with van der Waals surface area (Å²) < 4.78 is 31.0. The summed E-state index contributed by atoms with van der Waals surface area (Å²) in [7, 11) is -0.932. The molecule has 0 spiro atoms. The fourth-order valence-corrected chi connectivity index (χ4v) is 2.43. The Hall–Kier alpha value is -1.41. The van der Waals surface area contributed by atoms with E-state index in [9.17, 15) is 4.39 Å². The minimum atomic E-state index is -0.932. The highest BCUT2D eigenvalue weighted by Gasteiger charge is 2.54. The van der Waals surface area contributed by atoms with Crippen LogP contribution in [0.2, 0.25) is 0 Å². The molecule has 1 aromatic rings. The van der Waals surface area contributed by atoms with E-state index in [0.717, 1.165) is 0 Å². The van der Waals surface area contributed by atoms with Gasteiger partial charge in [-0.15, -0.1) is 5.10 Å². The second-order valence-electron chi connectivity index (χ2n) is 6.62. The van der Waals surface area contributed by atoms with Crippen LogP contribution in [-0.4, -0.2) is 28.5 Å². The maximum atomic E-state index is 14.5. The van der Waals surface area contributed by atoms with Crippen LogP contribution in [0.3, 0.4) is 0 Å². The number of aromatic nitrogens is 2. The topological polar surface area (TPSA) is 83.4 Å². The lowest BCUT2D eigenvalue weighted by Gasteiger charge is -2.32. The molecule has 1 saturated carbocycles. The van der Waals surface area contributed by atoms with Crippen molar-refractivity contribution in [2.75, 3.05) is 5.73 Å². The Balaban J connectivity index is 1.69. The van der Waals surface area contributed by atoms with Gasteiger partial charge in [0.1, 0.15) is 5.73 Å². The monoisotopic (exact) mass is 295 g/mol. The Morgan fingerprint density at radius 3 is 2.24 bits per heavy atom. The average Bonchev–Trinajstić information content (AvgIpc) is 2.79. The molecule has 0 bridgehead atoms. The molecule has 1 saturated heterocycles. The number of nitrogens with zero attached hydrogens (tertiary/aromatic N) is 2. The molecule has 114 valence electrons. The molecule has 1 aliphatic heterocycles. The molecule has 6 nitrogen and oxygen atoms in total. The zero-order chi connectivity index (χ0) is 15.4. The van der Waals surface area contributed by atoms with Gasteiger partial charge in [0.25, 0.3) is 0 Å². The molecule has 1 aliphatic carbocycles. The third-order valence-electron chi connectivity index (χ3n) is 4.59. The Kier molecular flexibility index (Phi) is 3.14. The van der Waals surface area contributed by atoms with E-state index in [1.807, 2.05) is 27.7 Å². The number of nitrogens with two attached hydrogens (primary N) is 1. The van der Waals surface area contributed by atoms with E-state index in [4.69, 9.17) is 19.5 Å². The van der Waals surface area contributed by atoms with E-state index in [2.05, 4.69) is 10.2 Å². The molecule has 1 aromatic heterocycles. The van der Waals surface area contributed by atoms with E-state index >= 15 is 0 Å². The van der Waals surface area contributed by atoms with Gasteiger partial charge in [-0.2, -0.15) is 0 Å². The summed E-state index contributed by atoms with van der Waals surface area (Å²) in [6.45, 7) is 7.59. The summed E-state index contributed by atoms with van der Waals surface area (Å²) in [4.78, 5) is 0. The summed E-state index contributed by atoms with van der Waals surface area (Å²) in [5, 5.41) is 7.43. The average molecular weight is 295 g/mol. The van der Waals surface area contributed by atoms with Crippen LogP contribution in [0.1, 0.15) is 52.3 Å². The second kappa shape index (κ2) is 4.54. The number of allylic oxidation sites excluding steroid dienone is 1. The van der Waals surface area contributed by atoms with Crippen molar-refractivity contribution in [2.24, 2.45) is 0 Å². The molecule has 0 amide bonds. The van der Waals surface area contributed by atoms with Crippen molar-refractivity contribution in [1.29, 1.82) is 0 Å². The molecule has 3 rings (SSSR count). The molecule has 0 radical (unpaired) electrons. The summed E-state index contributed by atoms with van der Waals surface area (Å²) >= 11 is 0. The largest absolute Gasteiger partial charge is 0.525 e. The molecule has 2 aliphatic rings. The maximum absolute atomic E-state index is 14.5. The van der Waals surface area contributed by atoms with Gasteiger partial charge in [0.05, 0.1) is 11.2 Å². The summed E-state index contributed by atoms with van der Waals surface area (Å²) in [5.41, 5.74) is 4.64. The molecular formula is C13H19BFN3O3.